The lowest BCUT2D eigenvalue weighted by Crippen LogP contribution is -2.43. The van der Waals surface area contributed by atoms with Crippen LogP contribution in [0.25, 0.3) is 0 Å². The summed E-state index contributed by atoms with van der Waals surface area (Å²) in [4.78, 5) is 2.60. The van der Waals surface area contributed by atoms with E-state index in [1.165, 1.54) is 38.6 Å². The van der Waals surface area contributed by atoms with Crippen LogP contribution in [0.3, 0.4) is 0 Å². The Hall–Kier alpha value is -0.0800. The molecule has 2 heteroatoms. The van der Waals surface area contributed by atoms with Crippen LogP contribution in [0.1, 0.15) is 59.8 Å². The highest BCUT2D eigenvalue weighted by Gasteiger charge is 2.26. The molecule has 0 spiro atoms. The van der Waals surface area contributed by atoms with E-state index in [4.69, 9.17) is 0 Å². The first kappa shape index (κ1) is 16.0. The van der Waals surface area contributed by atoms with Crippen LogP contribution < -0.4 is 5.32 Å². The number of hydrogen-bond acceptors (Lipinski definition) is 2. The van der Waals surface area contributed by atoms with Gasteiger partial charge < -0.3 is 10.2 Å². The summed E-state index contributed by atoms with van der Waals surface area (Å²) in [5, 5.41) is 3.48. The van der Waals surface area contributed by atoms with Crippen LogP contribution in [0, 0.1) is 11.3 Å². The van der Waals surface area contributed by atoms with Gasteiger partial charge in [0.05, 0.1) is 0 Å². The molecule has 0 aromatic carbocycles. The Morgan fingerprint density at radius 3 is 2.44 bits per heavy atom. The lowest BCUT2D eigenvalue weighted by molar-refractivity contribution is 0.146. The lowest BCUT2D eigenvalue weighted by atomic mass is 9.84. The summed E-state index contributed by atoms with van der Waals surface area (Å²) in [7, 11) is 4.41. The topological polar surface area (TPSA) is 15.3 Å². The van der Waals surface area contributed by atoms with Gasteiger partial charge in [-0.3, -0.25) is 0 Å². The molecule has 18 heavy (non-hydrogen) atoms. The van der Waals surface area contributed by atoms with E-state index in [-0.39, 0.29) is 0 Å². The van der Waals surface area contributed by atoms with Crippen LogP contribution in [0.15, 0.2) is 0 Å². The van der Waals surface area contributed by atoms with Gasteiger partial charge in [0.15, 0.2) is 0 Å². The molecule has 2 nitrogen and oxygen atoms in total. The van der Waals surface area contributed by atoms with Crippen molar-refractivity contribution in [2.24, 2.45) is 11.3 Å². The largest absolute Gasteiger partial charge is 0.316 e. The molecule has 0 amide bonds. The quantitative estimate of drug-likeness (QED) is 0.807. The summed E-state index contributed by atoms with van der Waals surface area (Å²) >= 11 is 0. The highest BCUT2D eigenvalue weighted by atomic mass is 15.1. The van der Waals surface area contributed by atoms with Crippen molar-refractivity contribution in [3.05, 3.63) is 0 Å². The predicted octanol–water partition coefficient (Wildman–Crippen LogP) is 3.52. The normalized spacial score (nSPS) is 27.5. The predicted molar refractivity (Wildman–Crippen MR) is 81.0 cm³/mol. The zero-order chi connectivity index (χ0) is 13.8. The number of rotatable bonds is 5. The minimum absolute atomic E-state index is 0.357. The van der Waals surface area contributed by atoms with Crippen molar-refractivity contribution in [1.29, 1.82) is 0 Å². The van der Waals surface area contributed by atoms with Gasteiger partial charge in [0.25, 0.3) is 0 Å². The van der Waals surface area contributed by atoms with E-state index in [0.717, 1.165) is 12.0 Å². The van der Waals surface area contributed by atoms with Gasteiger partial charge in [-0.1, -0.05) is 40.5 Å². The van der Waals surface area contributed by atoms with Crippen molar-refractivity contribution in [1.82, 2.24) is 10.2 Å². The second-order valence-corrected chi connectivity index (χ2v) is 7.40. The molecule has 0 aromatic heterocycles. The van der Waals surface area contributed by atoms with Crippen LogP contribution in [-0.4, -0.2) is 37.6 Å². The van der Waals surface area contributed by atoms with Crippen molar-refractivity contribution >= 4 is 0 Å². The molecule has 1 N–H and O–H groups in total. The van der Waals surface area contributed by atoms with E-state index in [1.807, 2.05) is 0 Å². The van der Waals surface area contributed by atoms with Gasteiger partial charge in [0.1, 0.15) is 0 Å². The average molecular weight is 254 g/mol. The number of hydrogen-bond donors (Lipinski definition) is 1. The molecule has 3 unspecified atom stereocenters. The standard InChI is InChI=1S/C16H34N2/c1-13-8-7-9-14(12-13)18(6)11-10-15(17-5)16(2,3)4/h13-15,17H,7-12H2,1-6H3. The van der Waals surface area contributed by atoms with E-state index in [1.54, 1.807) is 0 Å². The zero-order valence-corrected chi connectivity index (χ0v) is 13.4. The molecular formula is C16H34N2. The maximum atomic E-state index is 3.48. The van der Waals surface area contributed by atoms with Gasteiger partial charge in [-0.25, -0.2) is 0 Å². The third kappa shape index (κ3) is 4.89. The fourth-order valence-electron chi connectivity index (χ4n) is 3.33. The minimum Gasteiger partial charge on any atom is -0.316 e. The van der Waals surface area contributed by atoms with Gasteiger partial charge in [-0.2, -0.15) is 0 Å². The fourth-order valence-corrected chi connectivity index (χ4v) is 3.33. The van der Waals surface area contributed by atoms with Crippen LogP contribution >= 0.6 is 0 Å². The summed E-state index contributed by atoms with van der Waals surface area (Å²) in [6.07, 6.45) is 6.91. The van der Waals surface area contributed by atoms with Gasteiger partial charge in [-0.15, -0.1) is 0 Å². The molecule has 1 saturated carbocycles. The molecule has 1 aliphatic carbocycles. The van der Waals surface area contributed by atoms with E-state index in [9.17, 15) is 0 Å². The molecule has 0 saturated heterocycles. The molecule has 108 valence electrons. The molecule has 3 atom stereocenters. The van der Waals surface area contributed by atoms with Crippen molar-refractivity contribution in [2.75, 3.05) is 20.6 Å². The Kier molecular flexibility index (Phi) is 6.13. The summed E-state index contributed by atoms with van der Waals surface area (Å²) in [5.74, 6) is 0.925. The number of nitrogens with one attached hydrogen (secondary N) is 1. The zero-order valence-electron chi connectivity index (χ0n) is 13.4. The average Bonchev–Trinajstić information content (AvgIpc) is 2.27. The highest BCUT2D eigenvalue weighted by molar-refractivity contribution is 4.82. The second kappa shape index (κ2) is 6.91. The van der Waals surface area contributed by atoms with E-state index in [2.05, 4.69) is 52.0 Å². The summed E-state index contributed by atoms with van der Waals surface area (Å²) in [6.45, 7) is 10.6. The van der Waals surface area contributed by atoms with Crippen molar-refractivity contribution in [3.8, 4) is 0 Å². The van der Waals surface area contributed by atoms with Crippen LogP contribution in [0.5, 0.6) is 0 Å². The van der Waals surface area contributed by atoms with Crippen molar-refractivity contribution < 1.29 is 0 Å². The number of nitrogens with zero attached hydrogens (tertiary/aromatic N) is 1. The van der Waals surface area contributed by atoms with Gasteiger partial charge in [0.2, 0.25) is 0 Å². The Morgan fingerprint density at radius 1 is 1.28 bits per heavy atom. The van der Waals surface area contributed by atoms with E-state index >= 15 is 0 Å². The molecule has 0 bridgehead atoms. The van der Waals surface area contributed by atoms with Gasteiger partial charge in [0, 0.05) is 12.1 Å². The van der Waals surface area contributed by atoms with Crippen LogP contribution in [0.4, 0.5) is 0 Å². The Balaban J connectivity index is 2.37. The fraction of sp³-hybridized carbons (Fsp3) is 1.00. The summed E-state index contributed by atoms with van der Waals surface area (Å²) in [5.41, 5.74) is 0.357. The molecule has 0 heterocycles. The monoisotopic (exact) mass is 254 g/mol. The first-order chi connectivity index (χ1) is 8.34. The Labute approximate surface area is 115 Å². The smallest absolute Gasteiger partial charge is 0.0125 e. The molecular weight excluding hydrogens is 220 g/mol. The maximum Gasteiger partial charge on any atom is 0.0125 e. The minimum atomic E-state index is 0.357. The SMILES string of the molecule is CNC(CCN(C)C1CCCC(C)C1)C(C)(C)C. The molecule has 0 radical (unpaired) electrons. The Morgan fingerprint density at radius 2 is 1.94 bits per heavy atom. The lowest BCUT2D eigenvalue weighted by Gasteiger charge is -2.37. The third-order valence-electron chi connectivity index (χ3n) is 4.70. The molecule has 0 aliphatic heterocycles. The van der Waals surface area contributed by atoms with Gasteiger partial charge in [-0.05, 0) is 51.2 Å². The Bertz CT molecular complexity index is 232. The van der Waals surface area contributed by atoms with E-state index < -0.39 is 0 Å². The second-order valence-electron chi connectivity index (χ2n) is 7.40. The first-order valence-corrected chi connectivity index (χ1v) is 7.72. The van der Waals surface area contributed by atoms with Crippen LogP contribution in [-0.2, 0) is 0 Å². The summed E-state index contributed by atoms with van der Waals surface area (Å²) in [6, 6.07) is 1.44. The maximum absolute atomic E-state index is 3.48. The van der Waals surface area contributed by atoms with Crippen LogP contribution in [0.2, 0.25) is 0 Å². The van der Waals surface area contributed by atoms with Crippen molar-refractivity contribution in [3.63, 3.8) is 0 Å². The van der Waals surface area contributed by atoms with E-state index in [0.29, 0.717) is 11.5 Å². The molecule has 1 fully saturated rings. The molecule has 1 aliphatic rings. The molecule has 1 rings (SSSR count). The highest BCUT2D eigenvalue weighted by Crippen LogP contribution is 2.27. The third-order valence-corrected chi connectivity index (χ3v) is 4.70. The van der Waals surface area contributed by atoms with Gasteiger partial charge >= 0.3 is 0 Å². The first-order valence-electron chi connectivity index (χ1n) is 7.72. The molecule has 0 aromatic rings. The van der Waals surface area contributed by atoms with Crippen molar-refractivity contribution in [2.45, 2.75) is 71.9 Å². The summed E-state index contributed by atoms with van der Waals surface area (Å²) < 4.78 is 0.